The maximum atomic E-state index is 13.8. The molecule has 0 saturated heterocycles. The van der Waals surface area contributed by atoms with Crippen LogP contribution in [0.3, 0.4) is 0 Å². The number of carbonyl (C=O) groups is 3. The molecule has 3 N–H and O–H groups in total. The van der Waals surface area contributed by atoms with Gasteiger partial charge >= 0.3 is 11.8 Å². The van der Waals surface area contributed by atoms with E-state index in [1.165, 1.54) is 38.6 Å². The SMILES string of the molecule is CNC(=O)C(=O)N/N=C\c1ccc(OCC(=O)Nc2ccc(Br)cc2F)c(OC)c1. The number of benzene rings is 2. The van der Waals surface area contributed by atoms with E-state index in [1.54, 1.807) is 18.2 Å². The van der Waals surface area contributed by atoms with Crippen LogP contribution in [0.1, 0.15) is 5.56 Å². The first-order valence-electron chi connectivity index (χ1n) is 8.45. The van der Waals surface area contributed by atoms with Gasteiger partial charge in [-0.2, -0.15) is 5.10 Å². The van der Waals surface area contributed by atoms with Crippen LogP contribution >= 0.6 is 15.9 Å². The van der Waals surface area contributed by atoms with Gasteiger partial charge in [0, 0.05) is 11.5 Å². The molecule has 0 radical (unpaired) electrons. The number of anilines is 1. The highest BCUT2D eigenvalue weighted by molar-refractivity contribution is 9.10. The molecule has 0 aliphatic carbocycles. The number of hydrogen-bond acceptors (Lipinski definition) is 6. The number of hydrogen-bond donors (Lipinski definition) is 3. The molecular weight excluding hydrogens is 463 g/mol. The average molecular weight is 481 g/mol. The standard InChI is InChI=1S/C19H18BrFN4O5/c1-22-18(27)19(28)25-23-9-11-3-6-15(16(7-11)29-2)30-10-17(26)24-14-5-4-12(20)8-13(14)21/h3-9H,10H2,1-2H3,(H,22,27)(H,24,26)(H,25,28)/b23-9-. The Labute approximate surface area is 179 Å². The first-order valence-corrected chi connectivity index (χ1v) is 9.24. The fraction of sp³-hybridized carbons (Fsp3) is 0.158. The Morgan fingerprint density at radius 1 is 1.13 bits per heavy atom. The molecule has 0 fully saturated rings. The molecule has 0 bridgehead atoms. The Bertz CT molecular complexity index is 983. The number of nitrogens with one attached hydrogen (secondary N) is 3. The van der Waals surface area contributed by atoms with Crippen LogP contribution in [-0.4, -0.2) is 44.7 Å². The van der Waals surface area contributed by atoms with E-state index in [0.717, 1.165) is 0 Å². The van der Waals surface area contributed by atoms with Gasteiger partial charge in [0.25, 0.3) is 5.91 Å². The number of amides is 3. The minimum absolute atomic E-state index is 0.0316. The van der Waals surface area contributed by atoms with Gasteiger partial charge in [-0.05, 0) is 42.0 Å². The highest BCUT2D eigenvalue weighted by Crippen LogP contribution is 2.27. The van der Waals surface area contributed by atoms with Gasteiger partial charge in [-0.1, -0.05) is 15.9 Å². The number of hydrazone groups is 1. The van der Waals surface area contributed by atoms with Gasteiger partial charge in [-0.3, -0.25) is 14.4 Å². The second-order valence-electron chi connectivity index (χ2n) is 5.65. The van der Waals surface area contributed by atoms with Crippen molar-refractivity contribution in [1.29, 1.82) is 0 Å². The molecule has 2 rings (SSSR count). The van der Waals surface area contributed by atoms with Gasteiger partial charge in [-0.15, -0.1) is 0 Å². The van der Waals surface area contributed by atoms with E-state index in [2.05, 4.69) is 37.1 Å². The van der Waals surface area contributed by atoms with Gasteiger partial charge in [-0.25, -0.2) is 9.82 Å². The highest BCUT2D eigenvalue weighted by atomic mass is 79.9. The molecule has 0 aromatic heterocycles. The molecule has 0 unspecified atom stereocenters. The number of nitrogens with zero attached hydrogens (tertiary/aromatic N) is 1. The van der Waals surface area contributed by atoms with Crippen molar-refractivity contribution in [1.82, 2.24) is 10.7 Å². The molecule has 0 saturated carbocycles. The molecule has 0 aliphatic heterocycles. The van der Waals surface area contributed by atoms with Crippen LogP contribution in [0.2, 0.25) is 0 Å². The number of halogens is 2. The first kappa shape index (κ1) is 22.8. The number of methoxy groups -OCH3 is 1. The molecule has 3 amide bonds. The van der Waals surface area contributed by atoms with Crippen molar-refractivity contribution in [2.45, 2.75) is 0 Å². The Morgan fingerprint density at radius 3 is 2.57 bits per heavy atom. The van der Waals surface area contributed by atoms with Crippen molar-refractivity contribution in [3.05, 3.63) is 52.3 Å². The molecule has 0 atom stereocenters. The quantitative estimate of drug-likeness (QED) is 0.317. The predicted molar refractivity (Wildman–Crippen MR) is 111 cm³/mol. The van der Waals surface area contributed by atoms with Crippen LogP contribution in [0.25, 0.3) is 0 Å². The predicted octanol–water partition coefficient (Wildman–Crippen LogP) is 1.81. The van der Waals surface area contributed by atoms with Crippen molar-refractivity contribution < 1.29 is 28.2 Å². The summed E-state index contributed by atoms with van der Waals surface area (Å²) >= 11 is 3.14. The van der Waals surface area contributed by atoms with Gasteiger partial charge in [0.15, 0.2) is 18.1 Å². The Morgan fingerprint density at radius 2 is 1.90 bits per heavy atom. The summed E-state index contributed by atoms with van der Waals surface area (Å²) in [6.45, 7) is -0.374. The van der Waals surface area contributed by atoms with E-state index >= 15 is 0 Å². The lowest BCUT2D eigenvalue weighted by Crippen LogP contribution is -2.35. The van der Waals surface area contributed by atoms with Crippen LogP contribution in [0.15, 0.2) is 46.0 Å². The zero-order chi connectivity index (χ0) is 22.1. The summed E-state index contributed by atoms with van der Waals surface area (Å²) in [5, 5.41) is 8.25. The lowest BCUT2D eigenvalue weighted by Gasteiger charge is -2.12. The molecule has 0 aliphatic rings. The summed E-state index contributed by atoms with van der Waals surface area (Å²) in [6.07, 6.45) is 1.30. The third kappa shape index (κ3) is 6.55. The average Bonchev–Trinajstić information content (AvgIpc) is 2.73. The van der Waals surface area contributed by atoms with Gasteiger partial charge < -0.3 is 20.1 Å². The van der Waals surface area contributed by atoms with Crippen molar-refractivity contribution in [3.63, 3.8) is 0 Å². The molecule has 11 heteroatoms. The lowest BCUT2D eigenvalue weighted by atomic mass is 10.2. The molecule has 0 heterocycles. The summed E-state index contributed by atoms with van der Waals surface area (Å²) < 4.78 is 25.0. The number of likely N-dealkylation sites (N-methyl/N-ethyl adjacent to an activating group) is 1. The maximum absolute atomic E-state index is 13.8. The van der Waals surface area contributed by atoms with Crippen LogP contribution in [0.4, 0.5) is 10.1 Å². The van der Waals surface area contributed by atoms with Gasteiger partial charge in [0.1, 0.15) is 5.82 Å². The molecule has 2 aromatic carbocycles. The topological polar surface area (TPSA) is 118 Å². The zero-order valence-electron chi connectivity index (χ0n) is 16.0. The van der Waals surface area contributed by atoms with Crippen LogP contribution in [0, 0.1) is 5.82 Å². The number of ether oxygens (including phenoxy) is 2. The second-order valence-corrected chi connectivity index (χ2v) is 6.57. The first-order chi connectivity index (χ1) is 14.3. The molecule has 158 valence electrons. The van der Waals surface area contributed by atoms with Crippen LogP contribution in [-0.2, 0) is 14.4 Å². The minimum atomic E-state index is -0.908. The van der Waals surface area contributed by atoms with Crippen LogP contribution < -0.4 is 25.5 Å². The minimum Gasteiger partial charge on any atom is -0.493 e. The van der Waals surface area contributed by atoms with E-state index in [4.69, 9.17) is 9.47 Å². The van der Waals surface area contributed by atoms with Crippen molar-refractivity contribution in [2.75, 3.05) is 26.1 Å². The van der Waals surface area contributed by atoms with Gasteiger partial charge in [0.2, 0.25) is 0 Å². The van der Waals surface area contributed by atoms with E-state index in [0.29, 0.717) is 15.8 Å². The highest BCUT2D eigenvalue weighted by Gasteiger charge is 2.12. The summed E-state index contributed by atoms with van der Waals surface area (Å²) in [7, 11) is 2.73. The summed E-state index contributed by atoms with van der Waals surface area (Å²) in [4.78, 5) is 34.4. The zero-order valence-corrected chi connectivity index (χ0v) is 17.6. The van der Waals surface area contributed by atoms with E-state index < -0.39 is 23.5 Å². The Hall–Kier alpha value is -3.47. The second kappa shape index (κ2) is 10.9. The Balaban J connectivity index is 1.96. The fourth-order valence-corrected chi connectivity index (χ4v) is 2.47. The third-order valence-electron chi connectivity index (χ3n) is 3.56. The van der Waals surface area contributed by atoms with Crippen molar-refractivity contribution in [2.24, 2.45) is 5.10 Å². The number of carbonyl (C=O) groups excluding carboxylic acids is 3. The smallest absolute Gasteiger partial charge is 0.329 e. The molecule has 30 heavy (non-hydrogen) atoms. The maximum Gasteiger partial charge on any atom is 0.329 e. The van der Waals surface area contributed by atoms with Gasteiger partial charge in [0.05, 0.1) is 19.0 Å². The van der Waals surface area contributed by atoms with Crippen LogP contribution in [0.5, 0.6) is 11.5 Å². The van der Waals surface area contributed by atoms with Crippen molar-refractivity contribution in [3.8, 4) is 11.5 Å². The third-order valence-corrected chi connectivity index (χ3v) is 4.06. The van der Waals surface area contributed by atoms with E-state index in [-0.39, 0.29) is 18.0 Å². The summed E-state index contributed by atoms with van der Waals surface area (Å²) in [6, 6.07) is 8.94. The molecular formula is C19H18BrFN4O5. The molecule has 2 aromatic rings. The number of rotatable bonds is 7. The largest absolute Gasteiger partial charge is 0.493 e. The molecule has 0 spiro atoms. The molecule has 9 nitrogen and oxygen atoms in total. The lowest BCUT2D eigenvalue weighted by molar-refractivity contribution is -0.138. The summed E-state index contributed by atoms with van der Waals surface area (Å²) in [5.41, 5.74) is 2.64. The van der Waals surface area contributed by atoms with Crippen molar-refractivity contribution >= 4 is 45.6 Å². The Kier molecular flexibility index (Phi) is 8.29. The summed E-state index contributed by atoms with van der Waals surface area (Å²) in [5.74, 6) is -2.29. The normalized spacial score (nSPS) is 10.4. The van der Waals surface area contributed by atoms with E-state index in [9.17, 15) is 18.8 Å². The fourth-order valence-electron chi connectivity index (χ4n) is 2.13. The monoisotopic (exact) mass is 480 g/mol. The van der Waals surface area contributed by atoms with E-state index in [1.807, 2.05) is 0 Å².